The van der Waals surface area contributed by atoms with E-state index in [0.29, 0.717) is 6.04 Å². The molecule has 4 nitrogen and oxygen atoms in total. The molecule has 3 rings (SSSR count). The number of benzene rings is 1. The summed E-state index contributed by atoms with van der Waals surface area (Å²) in [6.45, 7) is 5.46. The van der Waals surface area contributed by atoms with E-state index in [1.807, 2.05) is 25.1 Å². The lowest BCUT2D eigenvalue weighted by molar-refractivity contribution is -0.142. The molecule has 19 heavy (non-hydrogen) atoms. The van der Waals surface area contributed by atoms with Crippen LogP contribution in [0.25, 0.3) is 11.0 Å². The Morgan fingerprint density at radius 3 is 2.68 bits per heavy atom. The fraction of sp³-hybridized carbons (Fsp3) is 0.467. The van der Waals surface area contributed by atoms with E-state index >= 15 is 0 Å². The number of fused-ring (bicyclic) bond motifs is 1. The van der Waals surface area contributed by atoms with Crippen LogP contribution in [0.1, 0.15) is 44.1 Å². The van der Waals surface area contributed by atoms with E-state index in [9.17, 15) is 9.90 Å². The lowest BCUT2D eigenvalue weighted by atomic mass is 9.85. The van der Waals surface area contributed by atoms with Crippen LogP contribution < -0.4 is 0 Å². The van der Waals surface area contributed by atoms with Gasteiger partial charge in [-0.05, 0) is 51.3 Å². The van der Waals surface area contributed by atoms with Gasteiger partial charge in [0.1, 0.15) is 5.82 Å². The molecule has 0 bridgehead atoms. The molecule has 1 aromatic carbocycles. The van der Waals surface area contributed by atoms with E-state index in [1.54, 1.807) is 13.8 Å². The van der Waals surface area contributed by atoms with Gasteiger partial charge in [0.25, 0.3) is 0 Å². The second-order valence-corrected chi connectivity index (χ2v) is 5.89. The first-order valence-corrected chi connectivity index (χ1v) is 6.63. The fourth-order valence-corrected chi connectivity index (χ4v) is 2.53. The lowest BCUT2D eigenvalue weighted by Gasteiger charge is -2.19. The summed E-state index contributed by atoms with van der Waals surface area (Å²) in [7, 11) is 0. The van der Waals surface area contributed by atoms with Crippen LogP contribution >= 0.6 is 0 Å². The van der Waals surface area contributed by atoms with Crippen molar-refractivity contribution in [2.75, 3.05) is 0 Å². The van der Waals surface area contributed by atoms with Crippen molar-refractivity contribution in [2.24, 2.45) is 0 Å². The summed E-state index contributed by atoms with van der Waals surface area (Å²) in [6.07, 6.45) is 2.43. The number of aromatic nitrogens is 2. The molecular weight excluding hydrogens is 240 g/mol. The van der Waals surface area contributed by atoms with Gasteiger partial charge in [-0.1, -0.05) is 6.07 Å². The van der Waals surface area contributed by atoms with E-state index in [0.717, 1.165) is 22.4 Å². The topological polar surface area (TPSA) is 55.1 Å². The molecule has 0 saturated heterocycles. The third-order valence-electron chi connectivity index (χ3n) is 4.03. The van der Waals surface area contributed by atoms with Gasteiger partial charge in [0, 0.05) is 6.04 Å². The van der Waals surface area contributed by atoms with E-state index in [4.69, 9.17) is 0 Å². The number of hydrogen-bond donors (Lipinski definition) is 1. The number of aliphatic carboxylic acids is 1. The maximum absolute atomic E-state index is 11.3. The summed E-state index contributed by atoms with van der Waals surface area (Å²) in [5.74, 6) is 0.202. The molecule has 0 atom stereocenters. The Balaban J connectivity index is 2.15. The van der Waals surface area contributed by atoms with Crippen molar-refractivity contribution < 1.29 is 9.90 Å². The van der Waals surface area contributed by atoms with Crippen molar-refractivity contribution in [1.82, 2.24) is 9.55 Å². The average molecular weight is 258 g/mol. The Hall–Kier alpha value is -1.84. The normalized spacial score (nSPS) is 15.9. The van der Waals surface area contributed by atoms with Crippen molar-refractivity contribution in [3.8, 4) is 0 Å². The van der Waals surface area contributed by atoms with Gasteiger partial charge < -0.3 is 9.67 Å². The summed E-state index contributed by atoms with van der Waals surface area (Å²) < 4.78 is 2.27. The van der Waals surface area contributed by atoms with Gasteiger partial charge in [-0.15, -0.1) is 0 Å². The van der Waals surface area contributed by atoms with Gasteiger partial charge in [-0.25, -0.2) is 4.98 Å². The Morgan fingerprint density at radius 2 is 2.11 bits per heavy atom. The quantitative estimate of drug-likeness (QED) is 0.920. The first kappa shape index (κ1) is 12.2. The minimum atomic E-state index is -0.883. The molecule has 0 aliphatic heterocycles. The molecule has 0 radical (unpaired) electrons. The van der Waals surface area contributed by atoms with Gasteiger partial charge in [-0.2, -0.15) is 0 Å². The van der Waals surface area contributed by atoms with Crippen LogP contribution in [-0.4, -0.2) is 20.6 Å². The van der Waals surface area contributed by atoms with Crippen LogP contribution in [0.3, 0.4) is 0 Å². The standard InChI is InChI=1S/C15H18N2O2/c1-9-16-12-8-10(15(2,3)14(18)19)4-7-13(12)17(9)11-5-6-11/h4,7-8,11H,5-6H2,1-3H3,(H,18,19). The highest BCUT2D eigenvalue weighted by molar-refractivity contribution is 5.84. The first-order valence-electron chi connectivity index (χ1n) is 6.63. The van der Waals surface area contributed by atoms with E-state index < -0.39 is 11.4 Å². The molecule has 1 saturated carbocycles. The van der Waals surface area contributed by atoms with Gasteiger partial charge in [-0.3, -0.25) is 4.79 Å². The highest BCUT2D eigenvalue weighted by Crippen LogP contribution is 2.39. The minimum Gasteiger partial charge on any atom is -0.481 e. The van der Waals surface area contributed by atoms with Crippen LogP contribution in [-0.2, 0) is 10.2 Å². The van der Waals surface area contributed by atoms with Gasteiger partial charge in [0.05, 0.1) is 16.4 Å². The molecule has 0 spiro atoms. The van der Waals surface area contributed by atoms with Crippen molar-refractivity contribution in [3.63, 3.8) is 0 Å². The van der Waals surface area contributed by atoms with Crippen molar-refractivity contribution >= 4 is 17.0 Å². The number of carboxylic acids is 1. The minimum absolute atomic E-state index is 0.586. The third-order valence-corrected chi connectivity index (χ3v) is 4.03. The molecule has 2 aromatic rings. The van der Waals surface area contributed by atoms with E-state index in [1.165, 1.54) is 12.8 Å². The van der Waals surface area contributed by atoms with Crippen molar-refractivity contribution in [1.29, 1.82) is 0 Å². The number of hydrogen-bond acceptors (Lipinski definition) is 2. The monoisotopic (exact) mass is 258 g/mol. The Morgan fingerprint density at radius 1 is 1.42 bits per heavy atom. The average Bonchev–Trinajstić information content (AvgIpc) is 3.10. The lowest BCUT2D eigenvalue weighted by Crippen LogP contribution is -2.28. The second-order valence-electron chi connectivity index (χ2n) is 5.89. The number of aryl methyl sites for hydroxylation is 1. The zero-order valence-corrected chi connectivity index (χ0v) is 11.5. The highest BCUT2D eigenvalue weighted by Gasteiger charge is 2.31. The van der Waals surface area contributed by atoms with Crippen LogP contribution in [0.15, 0.2) is 18.2 Å². The SMILES string of the molecule is Cc1nc2cc(C(C)(C)C(=O)O)ccc2n1C1CC1. The number of rotatable bonds is 3. The van der Waals surface area contributed by atoms with E-state index in [-0.39, 0.29) is 0 Å². The molecule has 1 aromatic heterocycles. The molecule has 100 valence electrons. The van der Waals surface area contributed by atoms with Gasteiger partial charge >= 0.3 is 5.97 Å². The number of imidazole rings is 1. The predicted octanol–water partition coefficient (Wildman–Crippen LogP) is 3.04. The molecule has 4 heteroatoms. The van der Waals surface area contributed by atoms with Crippen molar-refractivity contribution in [3.05, 3.63) is 29.6 Å². The highest BCUT2D eigenvalue weighted by atomic mass is 16.4. The maximum Gasteiger partial charge on any atom is 0.313 e. The summed E-state index contributed by atoms with van der Waals surface area (Å²) in [5, 5.41) is 9.30. The fourth-order valence-electron chi connectivity index (χ4n) is 2.53. The Kier molecular flexibility index (Phi) is 2.46. The molecule has 1 heterocycles. The zero-order valence-electron chi connectivity index (χ0n) is 11.5. The van der Waals surface area contributed by atoms with E-state index in [2.05, 4.69) is 9.55 Å². The molecule has 0 amide bonds. The summed E-state index contributed by atoms with van der Waals surface area (Å²) in [4.78, 5) is 15.9. The van der Waals surface area contributed by atoms with Crippen LogP contribution in [0, 0.1) is 6.92 Å². The largest absolute Gasteiger partial charge is 0.481 e. The summed E-state index contributed by atoms with van der Waals surface area (Å²) in [6, 6.07) is 6.42. The molecule has 1 N–H and O–H groups in total. The smallest absolute Gasteiger partial charge is 0.313 e. The maximum atomic E-state index is 11.3. The summed E-state index contributed by atoms with van der Waals surface area (Å²) in [5.41, 5.74) is 1.93. The molecule has 1 aliphatic carbocycles. The Labute approximate surface area is 112 Å². The van der Waals surface area contributed by atoms with Crippen LogP contribution in [0.5, 0.6) is 0 Å². The Bertz CT molecular complexity index is 666. The molecule has 1 fully saturated rings. The number of carboxylic acid groups (broad SMARTS) is 1. The zero-order chi connectivity index (χ0) is 13.8. The number of nitrogens with zero attached hydrogens (tertiary/aromatic N) is 2. The van der Waals surface area contributed by atoms with Gasteiger partial charge in [0.2, 0.25) is 0 Å². The van der Waals surface area contributed by atoms with Gasteiger partial charge in [0.15, 0.2) is 0 Å². The van der Waals surface area contributed by atoms with Crippen molar-refractivity contribution in [2.45, 2.75) is 45.1 Å². The van der Waals surface area contributed by atoms with Crippen LogP contribution in [0.4, 0.5) is 0 Å². The molecular formula is C15H18N2O2. The third kappa shape index (κ3) is 1.82. The summed E-state index contributed by atoms with van der Waals surface area (Å²) >= 11 is 0. The second kappa shape index (κ2) is 3.83. The molecule has 1 aliphatic rings. The predicted molar refractivity (Wildman–Crippen MR) is 73.4 cm³/mol. The molecule has 0 unspecified atom stereocenters. The number of carbonyl (C=O) groups is 1. The first-order chi connectivity index (χ1) is 8.91. The van der Waals surface area contributed by atoms with Crippen LogP contribution in [0.2, 0.25) is 0 Å².